The Morgan fingerprint density at radius 3 is 2.50 bits per heavy atom. The van der Waals surface area contributed by atoms with Crippen molar-refractivity contribution < 1.29 is 9.50 Å². The normalized spacial score (nSPS) is 13.3. The standard InChI is InChI=1S/C17H28FN3O/c1-4-19-17(20-11-5-6-13(2)3)21-12-16(22)14-7-9-15(18)10-8-14/h7-10,13,16,22H,4-6,11-12H2,1-3H3,(H2,19,20,21). The van der Waals surface area contributed by atoms with Gasteiger partial charge in [-0.15, -0.1) is 0 Å². The molecule has 1 rings (SSSR count). The molecule has 0 bridgehead atoms. The first-order valence-electron chi connectivity index (χ1n) is 7.98. The van der Waals surface area contributed by atoms with Crippen LogP contribution in [0.5, 0.6) is 0 Å². The largest absolute Gasteiger partial charge is 0.386 e. The molecule has 0 saturated carbocycles. The summed E-state index contributed by atoms with van der Waals surface area (Å²) in [6.07, 6.45) is 1.53. The molecule has 0 spiro atoms. The van der Waals surface area contributed by atoms with Crippen LogP contribution in [-0.2, 0) is 0 Å². The minimum Gasteiger partial charge on any atom is -0.386 e. The van der Waals surface area contributed by atoms with Crippen LogP contribution in [0, 0.1) is 11.7 Å². The number of aliphatic hydroxyl groups excluding tert-OH is 1. The summed E-state index contributed by atoms with van der Waals surface area (Å²) < 4.78 is 12.9. The van der Waals surface area contributed by atoms with Gasteiger partial charge in [0, 0.05) is 13.1 Å². The fraction of sp³-hybridized carbons (Fsp3) is 0.588. The number of nitrogens with zero attached hydrogens (tertiary/aromatic N) is 1. The van der Waals surface area contributed by atoms with Crippen LogP contribution in [0.15, 0.2) is 29.3 Å². The third-order valence-electron chi connectivity index (χ3n) is 3.27. The van der Waals surface area contributed by atoms with Gasteiger partial charge in [0.1, 0.15) is 5.82 Å². The van der Waals surface area contributed by atoms with Crippen LogP contribution in [0.3, 0.4) is 0 Å². The van der Waals surface area contributed by atoms with Crippen molar-refractivity contribution in [2.75, 3.05) is 19.6 Å². The van der Waals surface area contributed by atoms with Gasteiger partial charge in [0.2, 0.25) is 0 Å². The summed E-state index contributed by atoms with van der Waals surface area (Å²) in [4.78, 5) is 4.38. The average molecular weight is 309 g/mol. The first-order valence-corrected chi connectivity index (χ1v) is 7.98. The van der Waals surface area contributed by atoms with Crippen molar-refractivity contribution in [2.24, 2.45) is 10.9 Å². The molecule has 0 aliphatic heterocycles. The van der Waals surface area contributed by atoms with Crippen LogP contribution in [0.4, 0.5) is 4.39 Å². The summed E-state index contributed by atoms with van der Waals surface area (Å²) >= 11 is 0. The monoisotopic (exact) mass is 309 g/mol. The molecule has 1 aromatic rings. The fourth-order valence-electron chi connectivity index (χ4n) is 2.03. The highest BCUT2D eigenvalue weighted by Gasteiger charge is 2.07. The van der Waals surface area contributed by atoms with Crippen LogP contribution < -0.4 is 10.6 Å². The number of aliphatic imine (C=N–C) groups is 1. The number of aliphatic hydroxyl groups is 1. The first-order chi connectivity index (χ1) is 10.5. The van der Waals surface area contributed by atoms with E-state index in [1.807, 2.05) is 6.92 Å². The molecule has 0 radical (unpaired) electrons. The third-order valence-corrected chi connectivity index (χ3v) is 3.27. The molecule has 0 saturated heterocycles. The van der Waals surface area contributed by atoms with Gasteiger partial charge in [0.25, 0.3) is 0 Å². The van der Waals surface area contributed by atoms with Gasteiger partial charge >= 0.3 is 0 Å². The minimum atomic E-state index is -0.730. The topological polar surface area (TPSA) is 56.7 Å². The Morgan fingerprint density at radius 1 is 1.23 bits per heavy atom. The Labute approximate surface area is 132 Å². The molecule has 0 amide bonds. The smallest absolute Gasteiger partial charge is 0.191 e. The lowest BCUT2D eigenvalue weighted by Crippen LogP contribution is -2.38. The Hall–Kier alpha value is -1.62. The maximum atomic E-state index is 12.9. The summed E-state index contributed by atoms with van der Waals surface area (Å²) in [6.45, 7) is 8.28. The predicted octanol–water partition coefficient (Wildman–Crippen LogP) is 2.85. The highest BCUT2D eigenvalue weighted by Crippen LogP contribution is 2.13. The molecule has 5 heteroatoms. The molecule has 0 heterocycles. The van der Waals surface area contributed by atoms with Crippen LogP contribution in [-0.4, -0.2) is 30.7 Å². The SMILES string of the molecule is CCNC(=NCC(O)c1ccc(F)cc1)NCCCC(C)C. The summed E-state index contributed by atoms with van der Waals surface area (Å²) in [5, 5.41) is 16.5. The lowest BCUT2D eigenvalue weighted by molar-refractivity contribution is 0.187. The Kier molecular flexibility index (Phi) is 8.51. The zero-order chi connectivity index (χ0) is 16.4. The average Bonchev–Trinajstić information content (AvgIpc) is 2.49. The van der Waals surface area contributed by atoms with E-state index in [0.717, 1.165) is 19.5 Å². The third kappa shape index (κ3) is 7.41. The highest BCUT2D eigenvalue weighted by molar-refractivity contribution is 5.79. The van der Waals surface area contributed by atoms with Gasteiger partial charge in [-0.1, -0.05) is 26.0 Å². The number of nitrogens with one attached hydrogen (secondary N) is 2. The van der Waals surface area contributed by atoms with E-state index in [1.54, 1.807) is 12.1 Å². The molecular weight excluding hydrogens is 281 g/mol. The van der Waals surface area contributed by atoms with Gasteiger partial charge in [-0.25, -0.2) is 4.39 Å². The molecule has 1 aromatic carbocycles. The molecule has 0 fully saturated rings. The van der Waals surface area contributed by atoms with Crippen molar-refractivity contribution in [3.05, 3.63) is 35.6 Å². The number of benzene rings is 1. The van der Waals surface area contributed by atoms with Crippen LogP contribution in [0.1, 0.15) is 45.3 Å². The quantitative estimate of drug-likeness (QED) is 0.393. The molecule has 1 unspecified atom stereocenters. The lowest BCUT2D eigenvalue weighted by Gasteiger charge is -2.13. The van der Waals surface area contributed by atoms with E-state index in [-0.39, 0.29) is 12.4 Å². The number of hydrogen-bond acceptors (Lipinski definition) is 2. The van der Waals surface area contributed by atoms with E-state index < -0.39 is 6.10 Å². The molecule has 22 heavy (non-hydrogen) atoms. The molecule has 3 N–H and O–H groups in total. The van der Waals surface area contributed by atoms with E-state index >= 15 is 0 Å². The molecule has 124 valence electrons. The van der Waals surface area contributed by atoms with E-state index in [2.05, 4.69) is 29.5 Å². The lowest BCUT2D eigenvalue weighted by atomic mass is 10.1. The second-order valence-electron chi connectivity index (χ2n) is 5.75. The number of hydrogen-bond donors (Lipinski definition) is 3. The second-order valence-corrected chi connectivity index (χ2v) is 5.75. The Morgan fingerprint density at radius 2 is 1.91 bits per heavy atom. The zero-order valence-corrected chi connectivity index (χ0v) is 13.8. The first kappa shape index (κ1) is 18.4. The summed E-state index contributed by atoms with van der Waals surface area (Å²) in [6, 6.07) is 5.85. The minimum absolute atomic E-state index is 0.241. The maximum absolute atomic E-state index is 12.9. The van der Waals surface area contributed by atoms with E-state index in [9.17, 15) is 9.50 Å². The van der Waals surface area contributed by atoms with Gasteiger partial charge in [0.05, 0.1) is 12.6 Å². The highest BCUT2D eigenvalue weighted by atomic mass is 19.1. The van der Waals surface area contributed by atoms with Crippen molar-refractivity contribution in [3.8, 4) is 0 Å². The van der Waals surface area contributed by atoms with Gasteiger partial charge in [-0.05, 0) is 43.4 Å². The fourth-order valence-corrected chi connectivity index (χ4v) is 2.03. The van der Waals surface area contributed by atoms with Gasteiger partial charge in [-0.2, -0.15) is 0 Å². The van der Waals surface area contributed by atoms with E-state index in [4.69, 9.17) is 0 Å². The van der Waals surface area contributed by atoms with Crippen molar-refractivity contribution in [1.82, 2.24) is 10.6 Å². The Bertz CT molecular complexity index is 446. The molecule has 1 atom stereocenters. The number of guanidine groups is 1. The maximum Gasteiger partial charge on any atom is 0.191 e. The van der Waals surface area contributed by atoms with Crippen LogP contribution >= 0.6 is 0 Å². The molecule has 0 aromatic heterocycles. The number of halogens is 1. The van der Waals surface area contributed by atoms with Crippen molar-refractivity contribution in [2.45, 2.75) is 39.7 Å². The van der Waals surface area contributed by atoms with Crippen LogP contribution in [0.2, 0.25) is 0 Å². The Balaban J connectivity index is 2.48. The summed E-state index contributed by atoms with van der Waals surface area (Å²) in [5.74, 6) is 1.09. The predicted molar refractivity (Wildman–Crippen MR) is 89.4 cm³/mol. The van der Waals surface area contributed by atoms with Crippen molar-refractivity contribution >= 4 is 5.96 Å². The molecule has 4 nitrogen and oxygen atoms in total. The van der Waals surface area contributed by atoms with Gasteiger partial charge in [0.15, 0.2) is 5.96 Å². The number of rotatable bonds is 8. The van der Waals surface area contributed by atoms with E-state index in [0.29, 0.717) is 17.4 Å². The summed E-state index contributed by atoms with van der Waals surface area (Å²) in [7, 11) is 0. The molecule has 0 aliphatic carbocycles. The van der Waals surface area contributed by atoms with Gasteiger partial charge in [-0.3, -0.25) is 4.99 Å². The van der Waals surface area contributed by atoms with Crippen LogP contribution in [0.25, 0.3) is 0 Å². The zero-order valence-electron chi connectivity index (χ0n) is 13.8. The van der Waals surface area contributed by atoms with Crippen molar-refractivity contribution in [3.63, 3.8) is 0 Å². The van der Waals surface area contributed by atoms with Gasteiger partial charge < -0.3 is 15.7 Å². The summed E-state index contributed by atoms with van der Waals surface area (Å²) in [5.41, 5.74) is 0.667. The van der Waals surface area contributed by atoms with E-state index in [1.165, 1.54) is 18.6 Å². The van der Waals surface area contributed by atoms with Crippen molar-refractivity contribution in [1.29, 1.82) is 0 Å². The second kappa shape index (κ2) is 10.2. The molecule has 0 aliphatic rings. The molecular formula is C17H28FN3O.